The molecule has 0 spiro atoms. The summed E-state index contributed by atoms with van der Waals surface area (Å²) in [6, 6.07) is 5.63. The van der Waals surface area contributed by atoms with Gasteiger partial charge in [-0.15, -0.1) is 11.8 Å². The van der Waals surface area contributed by atoms with Crippen LogP contribution in [0.1, 0.15) is 12.8 Å². The molecule has 0 saturated heterocycles. The fourth-order valence-corrected chi connectivity index (χ4v) is 2.00. The zero-order chi connectivity index (χ0) is 10.4. The summed E-state index contributed by atoms with van der Waals surface area (Å²) in [5.74, 6) is 0.964. The molecule has 0 aliphatic rings. The van der Waals surface area contributed by atoms with Gasteiger partial charge in [0.2, 0.25) is 0 Å². The zero-order valence-electron chi connectivity index (χ0n) is 8.03. The summed E-state index contributed by atoms with van der Waals surface area (Å²) >= 11 is 1.71. The van der Waals surface area contributed by atoms with E-state index in [1.54, 1.807) is 11.8 Å². The molecular formula is C10H15N2OS. The van der Waals surface area contributed by atoms with Crippen LogP contribution in [0.25, 0.3) is 0 Å². The second-order valence-electron chi connectivity index (χ2n) is 3.05. The maximum atomic E-state index is 10.2. The Morgan fingerprint density at radius 3 is 2.57 bits per heavy atom. The van der Waals surface area contributed by atoms with Crippen LogP contribution in [0.15, 0.2) is 23.1 Å². The van der Waals surface area contributed by atoms with Crippen molar-refractivity contribution < 1.29 is 5.11 Å². The molecule has 1 rings (SSSR count). The summed E-state index contributed by atoms with van der Waals surface area (Å²) in [5.41, 5.74) is 12.5. The molecule has 0 amide bonds. The zero-order valence-corrected chi connectivity index (χ0v) is 8.85. The van der Waals surface area contributed by atoms with Gasteiger partial charge in [-0.25, -0.2) is 5.11 Å². The molecule has 77 valence electrons. The highest BCUT2D eigenvalue weighted by Crippen LogP contribution is 2.24. The van der Waals surface area contributed by atoms with Gasteiger partial charge < -0.3 is 11.5 Å². The number of hydrogen-bond acceptors (Lipinski definition) is 3. The summed E-state index contributed by atoms with van der Waals surface area (Å²) in [7, 11) is 0. The van der Waals surface area contributed by atoms with Crippen molar-refractivity contribution in [3.8, 4) is 0 Å². The van der Waals surface area contributed by atoms with Crippen molar-refractivity contribution >= 4 is 23.1 Å². The first kappa shape index (κ1) is 11.2. The molecule has 0 aliphatic heterocycles. The average molecular weight is 211 g/mol. The first-order chi connectivity index (χ1) is 6.74. The third-order valence-corrected chi connectivity index (χ3v) is 2.95. The van der Waals surface area contributed by atoms with E-state index in [1.807, 2.05) is 18.2 Å². The van der Waals surface area contributed by atoms with Gasteiger partial charge in [-0.1, -0.05) is 0 Å². The minimum atomic E-state index is 0.0183. The fraction of sp³-hybridized carbons (Fsp3) is 0.400. The molecule has 0 aromatic heterocycles. The summed E-state index contributed by atoms with van der Waals surface area (Å²) < 4.78 is 0. The van der Waals surface area contributed by atoms with E-state index in [0.717, 1.165) is 23.5 Å². The molecule has 1 aromatic carbocycles. The Morgan fingerprint density at radius 2 is 1.93 bits per heavy atom. The molecule has 1 aromatic rings. The fourth-order valence-electron chi connectivity index (χ4n) is 1.04. The van der Waals surface area contributed by atoms with Gasteiger partial charge in [-0.05, 0) is 36.8 Å². The molecule has 0 fully saturated rings. The molecule has 1 radical (unpaired) electrons. The molecular weight excluding hydrogens is 196 g/mol. The van der Waals surface area contributed by atoms with Crippen LogP contribution in [0.3, 0.4) is 0 Å². The van der Waals surface area contributed by atoms with Gasteiger partial charge in [-0.3, -0.25) is 0 Å². The van der Waals surface area contributed by atoms with E-state index in [9.17, 15) is 5.11 Å². The minimum Gasteiger partial charge on any atom is -0.397 e. The number of thioether (sulfide) groups is 1. The highest BCUT2D eigenvalue weighted by Gasteiger charge is 1.97. The largest absolute Gasteiger partial charge is 0.397 e. The highest BCUT2D eigenvalue weighted by molar-refractivity contribution is 7.99. The lowest BCUT2D eigenvalue weighted by Crippen LogP contribution is -1.94. The van der Waals surface area contributed by atoms with Gasteiger partial charge >= 0.3 is 0 Å². The number of hydrogen-bond donors (Lipinski definition) is 2. The molecule has 0 aliphatic carbocycles. The van der Waals surface area contributed by atoms with Gasteiger partial charge in [0.15, 0.2) is 0 Å². The van der Waals surface area contributed by atoms with Crippen LogP contribution in [0.2, 0.25) is 0 Å². The van der Waals surface area contributed by atoms with E-state index in [-0.39, 0.29) is 6.61 Å². The summed E-state index contributed by atoms with van der Waals surface area (Å²) in [4.78, 5) is 1.11. The van der Waals surface area contributed by atoms with Gasteiger partial charge in [0.25, 0.3) is 0 Å². The Hall–Kier alpha value is -0.870. The van der Waals surface area contributed by atoms with Crippen molar-refractivity contribution in [3.63, 3.8) is 0 Å². The predicted molar refractivity (Wildman–Crippen MR) is 60.8 cm³/mol. The monoisotopic (exact) mass is 211 g/mol. The van der Waals surface area contributed by atoms with Crippen LogP contribution in [-0.4, -0.2) is 12.4 Å². The van der Waals surface area contributed by atoms with Crippen LogP contribution in [-0.2, 0) is 5.11 Å². The summed E-state index contributed by atoms with van der Waals surface area (Å²) in [6.07, 6.45) is 1.70. The van der Waals surface area contributed by atoms with Crippen LogP contribution < -0.4 is 11.5 Å². The van der Waals surface area contributed by atoms with Crippen LogP contribution in [0.4, 0.5) is 11.4 Å². The molecule has 0 saturated carbocycles. The Balaban J connectivity index is 2.39. The number of benzene rings is 1. The second kappa shape index (κ2) is 5.78. The van der Waals surface area contributed by atoms with E-state index in [2.05, 4.69) is 0 Å². The van der Waals surface area contributed by atoms with E-state index in [0.29, 0.717) is 11.4 Å². The molecule has 14 heavy (non-hydrogen) atoms. The smallest absolute Gasteiger partial charge is 0.0822 e. The predicted octanol–water partition coefficient (Wildman–Crippen LogP) is 2.15. The van der Waals surface area contributed by atoms with Crippen LogP contribution >= 0.6 is 11.8 Å². The number of unbranched alkanes of at least 4 members (excludes halogenated alkanes) is 1. The summed E-state index contributed by atoms with van der Waals surface area (Å²) in [5, 5.41) is 10.2. The van der Waals surface area contributed by atoms with Crippen molar-refractivity contribution in [2.45, 2.75) is 17.7 Å². The molecule has 3 nitrogen and oxygen atoms in total. The van der Waals surface area contributed by atoms with Gasteiger partial charge in [0.1, 0.15) is 0 Å². The quantitative estimate of drug-likeness (QED) is 0.445. The van der Waals surface area contributed by atoms with Crippen LogP contribution in [0.5, 0.6) is 0 Å². The lowest BCUT2D eigenvalue weighted by molar-refractivity contribution is 0.188. The van der Waals surface area contributed by atoms with E-state index >= 15 is 0 Å². The topological polar surface area (TPSA) is 71.9 Å². The average Bonchev–Trinajstić information content (AvgIpc) is 2.18. The van der Waals surface area contributed by atoms with Crippen molar-refractivity contribution in [1.29, 1.82) is 0 Å². The molecule has 0 atom stereocenters. The van der Waals surface area contributed by atoms with E-state index < -0.39 is 0 Å². The van der Waals surface area contributed by atoms with Crippen molar-refractivity contribution in [2.24, 2.45) is 0 Å². The maximum Gasteiger partial charge on any atom is 0.0822 e. The van der Waals surface area contributed by atoms with Crippen molar-refractivity contribution in [2.75, 3.05) is 23.8 Å². The van der Waals surface area contributed by atoms with Gasteiger partial charge in [0.05, 0.1) is 18.0 Å². The number of rotatable bonds is 5. The third kappa shape index (κ3) is 3.47. The van der Waals surface area contributed by atoms with Crippen molar-refractivity contribution in [1.82, 2.24) is 0 Å². The number of anilines is 2. The standard InChI is InChI=1S/C10H15N2OS/c11-9-4-3-8(7-10(9)12)14-6-2-1-5-13/h3-4,7H,1-2,5-6,11-12H2. The maximum absolute atomic E-state index is 10.2. The molecule has 4 heteroatoms. The first-order valence-electron chi connectivity index (χ1n) is 4.60. The second-order valence-corrected chi connectivity index (χ2v) is 4.22. The first-order valence-corrected chi connectivity index (χ1v) is 5.58. The SMILES string of the molecule is Nc1ccc(SCCCC[O])cc1N. The molecule has 0 heterocycles. The van der Waals surface area contributed by atoms with Crippen molar-refractivity contribution in [3.05, 3.63) is 18.2 Å². The van der Waals surface area contributed by atoms with Gasteiger partial charge in [-0.2, -0.15) is 0 Å². The Labute approximate surface area is 88.5 Å². The number of nitrogens with two attached hydrogens (primary N) is 2. The molecule has 4 N–H and O–H groups in total. The normalized spacial score (nSPS) is 10.4. The van der Waals surface area contributed by atoms with Gasteiger partial charge in [0, 0.05) is 4.90 Å². The Kier molecular flexibility index (Phi) is 4.62. The van der Waals surface area contributed by atoms with E-state index in [4.69, 9.17) is 11.5 Å². The lowest BCUT2D eigenvalue weighted by Gasteiger charge is -2.04. The minimum absolute atomic E-state index is 0.0183. The lowest BCUT2D eigenvalue weighted by atomic mass is 10.3. The molecule has 0 bridgehead atoms. The van der Waals surface area contributed by atoms with E-state index in [1.165, 1.54) is 0 Å². The third-order valence-electron chi connectivity index (χ3n) is 1.87. The van der Waals surface area contributed by atoms with Crippen LogP contribution in [0, 0.1) is 0 Å². The molecule has 0 unspecified atom stereocenters. The Bertz CT molecular complexity index is 291. The summed E-state index contributed by atoms with van der Waals surface area (Å²) in [6.45, 7) is 0.0183. The Morgan fingerprint density at radius 1 is 1.14 bits per heavy atom. The highest BCUT2D eigenvalue weighted by atomic mass is 32.2. The number of nitrogen functional groups attached to an aromatic ring is 2.